The van der Waals surface area contributed by atoms with Crippen LogP contribution in [-0.4, -0.2) is 24.3 Å². The summed E-state index contributed by atoms with van der Waals surface area (Å²) in [7, 11) is 0. The average Bonchev–Trinajstić information content (AvgIpc) is 1.87. The molecule has 0 amide bonds. The molecule has 10 heavy (non-hydrogen) atoms. The number of carbonyl (C=O) groups is 1. The normalized spacial score (nSPS) is 44.2. The minimum absolute atomic E-state index is 0.429. The van der Waals surface area contributed by atoms with Crippen LogP contribution in [-0.2, 0) is 9.53 Å². The number of carboxylic acids is 1. The van der Waals surface area contributed by atoms with E-state index in [1.54, 1.807) is 0 Å². The number of hydrogen-bond donors (Lipinski definition) is 1. The highest BCUT2D eigenvalue weighted by molar-refractivity contribution is 5.76. The molecule has 2 bridgehead atoms. The van der Waals surface area contributed by atoms with Crippen LogP contribution in [0.1, 0.15) is 12.8 Å². The minimum atomic E-state index is -0.677. The number of aliphatic carboxylic acids is 1. The summed E-state index contributed by atoms with van der Waals surface area (Å²) in [6, 6.07) is 0. The number of hydrogen-bond acceptors (Lipinski definition) is 2. The van der Waals surface area contributed by atoms with Gasteiger partial charge in [0.1, 0.15) is 0 Å². The summed E-state index contributed by atoms with van der Waals surface area (Å²) >= 11 is 0. The van der Waals surface area contributed by atoms with Gasteiger partial charge < -0.3 is 9.84 Å². The molecule has 3 heteroatoms. The Morgan fingerprint density at radius 2 is 2.30 bits per heavy atom. The fourth-order valence-corrected chi connectivity index (χ4v) is 1.94. The lowest BCUT2D eigenvalue weighted by molar-refractivity contribution is -0.183. The number of ether oxygens (including phenoxy) is 1. The molecule has 1 saturated carbocycles. The molecule has 0 aromatic carbocycles. The van der Waals surface area contributed by atoms with Crippen LogP contribution < -0.4 is 0 Å². The third-order valence-electron chi connectivity index (χ3n) is 2.54. The van der Waals surface area contributed by atoms with Crippen LogP contribution in [0.3, 0.4) is 0 Å². The van der Waals surface area contributed by atoms with Crippen LogP contribution in [0.5, 0.6) is 0 Å². The van der Waals surface area contributed by atoms with Gasteiger partial charge in [0.2, 0.25) is 0 Å². The number of rotatable bonds is 1. The molecule has 0 spiro atoms. The lowest BCUT2D eigenvalue weighted by Crippen LogP contribution is -2.53. The Balaban J connectivity index is 2.12. The molecule has 3 nitrogen and oxygen atoms in total. The van der Waals surface area contributed by atoms with Crippen molar-refractivity contribution >= 4 is 5.97 Å². The first-order chi connectivity index (χ1) is 4.73. The van der Waals surface area contributed by atoms with Crippen molar-refractivity contribution in [1.82, 2.24) is 0 Å². The second-order valence-corrected chi connectivity index (χ2v) is 3.37. The molecule has 3 aliphatic rings. The lowest BCUT2D eigenvalue weighted by atomic mass is 9.61. The van der Waals surface area contributed by atoms with Crippen molar-refractivity contribution < 1.29 is 14.6 Å². The minimum Gasteiger partial charge on any atom is -0.481 e. The van der Waals surface area contributed by atoms with E-state index in [0.29, 0.717) is 12.5 Å². The monoisotopic (exact) mass is 142 g/mol. The van der Waals surface area contributed by atoms with E-state index in [1.165, 1.54) is 0 Å². The van der Waals surface area contributed by atoms with Gasteiger partial charge >= 0.3 is 5.97 Å². The van der Waals surface area contributed by atoms with Crippen molar-refractivity contribution in [2.24, 2.45) is 11.3 Å². The van der Waals surface area contributed by atoms with Crippen molar-refractivity contribution in [3.05, 3.63) is 0 Å². The van der Waals surface area contributed by atoms with E-state index in [1.807, 2.05) is 0 Å². The van der Waals surface area contributed by atoms with E-state index in [9.17, 15) is 4.79 Å². The predicted molar refractivity (Wildman–Crippen MR) is 33.6 cm³/mol. The maximum atomic E-state index is 10.6. The van der Waals surface area contributed by atoms with Gasteiger partial charge in [0.05, 0.1) is 12.0 Å². The predicted octanol–water partition coefficient (Wildman–Crippen LogP) is 0.498. The van der Waals surface area contributed by atoms with Gasteiger partial charge in [-0.05, 0) is 18.8 Å². The van der Waals surface area contributed by atoms with Crippen LogP contribution in [0.15, 0.2) is 0 Å². The van der Waals surface area contributed by atoms with Gasteiger partial charge in [0.25, 0.3) is 0 Å². The van der Waals surface area contributed by atoms with Gasteiger partial charge in [-0.3, -0.25) is 4.79 Å². The number of fused-ring (bicyclic) bond motifs is 2. The topological polar surface area (TPSA) is 46.5 Å². The molecule has 0 atom stereocenters. The number of carboxylic acid groups (broad SMARTS) is 1. The smallest absolute Gasteiger partial charge is 0.312 e. The van der Waals surface area contributed by atoms with E-state index in [0.717, 1.165) is 19.4 Å². The molecular weight excluding hydrogens is 132 g/mol. The Morgan fingerprint density at radius 1 is 1.60 bits per heavy atom. The summed E-state index contributed by atoms with van der Waals surface area (Å²) in [5.41, 5.74) is -0.483. The molecule has 0 unspecified atom stereocenters. The summed E-state index contributed by atoms with van der Waals surface area (Å²) in [5.74, 6) is -0.145. The standard InChI is InChI=1S/C7H10O3/c8-6(9)7-1-5(2-7)3-10-4-7/h5H,1-4H2,(H,8,9). The van der Waals surface area contributed by atoms with E-state index in [4.69, 9.17) is 9.84 Å². The van der Waals surface area contributed by atoms with Crippen LogP contribution in [0.4, 0.5) is 0 Å². The molecule has 56 valence electrons. The van der Waals surface area contributed by atoms with Gasteiger partial charge in [0, 0.05) is 6.61 Å². The van der Waals surface area contributed by atoms with Crippen LogP contribution in [0, 0.1) is 11.3 Å². The van der Waals surface area contributed by atoms with Crippen molar-refractivity contribution in [3.8, 4) is 0 Å². The lowest BCUT2D eigenvalue weighted by Gasteiger charge is -2.48. The van der Waals surface area contributed by atoms with Gasteiger partial charge in [0.15, 0.2) is 0 Å². The van der Waals surface area contributed by atoms with E-state index < -0.39 is 11.4 Å². The summed E-state index contributed by atoms with van der Waals surface area (Å²) < 4.78 is 5.12. The second kappa shape index (κ2) is 1.72. The summed E-state index contributed by atoms with van der Waals surface area (Å²) in [5, 5.41) is 8.76. The van der Waals surface area contributed by atoms with Crippen molar-refractivity contribution in [3.63, 3.8) is 0 Å². The Morgan fingerprint density at radius 3 is 2.60 bits per heavy atom. The highest BCUT2D eigenvalue weighted by atomic mass is 16.5. The van der Waals surface area contributed by atoms with Gasteiger partial charge in [-0.2, -0.15) is 0 Å². The maximum Gasteiger partial charge on any atom is 0.312 e. The quantitative estimate of drug-likeness (QED) is 0.579. The molecule has 2 aliphatic heterocycles. The summed E-state index contributed by atoms with van der Waals surface area (Å²) in [6.45, 7) is 1.20. The zero-order valence-corrected chi connectivity index (χ0v) is 5.67. The van der Waals surface area contributed by atoms with Crippen LogP contribution in [0.25, 0.3) is 0 Å². The third kappa shape index (κ3) is 0.611. The molecule has 2 heterocycles. The molecule has 0 aromatic rings. The van der Waals surface area contributed by atoms with E-state index in [2.05, 4.69) is 0 Å². The van der Waals surface area contributed by atoms with Crippen LogP contribution in [0.2, 0.25) is 0 Å². The fourth-order valence-electron chi connectivity index (χ4n) is 1.94. The SMILES string of the molecule is O=C(O)C12COCC(C1)C2. The first-order valence-electron chi connectivity index (χ1n) is 3.54. The Hall–Kier alpha value is -0.570. The van der Waals surface area contributed by atoms with Crippen molar-refractivity contribution in [1.29, 1.82) is 0 Å². The van der Waals surface area contributed by atoms with E-state index >= 15 is 0 Å². The molecule has 0 radical (unpaired) electrons. The first-order valence-corrected chi connectivity index (χ1v) is 3.54. The molecule has 2 saturated heterocycles. The molecule has 1 aliphatic carbocycles. The molecule has 0 aromatic heterocycles. The summed E-state index contributed by atoms with van der Waals surface area (Å²) in [6.07, 6.45) is 1.67. The van der Waals surface area contributed by atoms with Crippen molar-refractivity contribution in [2.75, 3.05) is 13.2 Å². The summed E-state index contributed by atoms with van der Waals surface area (Å²) in [4.78, 5) is 10.6. The van der Waals surface area contributed by atoms with Crippen molar-refractivity contribution in [2.45, 2.75) is 12.8 Å². The molecule has 1 N–H and O–H groups in total. The molecular formula is C7H10O3. The highest BCUT2D eigenvalue weighted by Gasteiger charge is 2.53. The fraction of sp³-hybridized carbons (Fsp3) is 0.857. The van der Waals surface area contributed by atoms with E-state index in [-0.39, 0.29) is 0 Å². The zero-order valence-electron chi connectivity index (χ0n) is 5.67. The largest absolute Gasteiger partial charge is 0.481 e. The Kier molecular flexibility index (Phi) is 1.06. The third-order valence-corrected chi connectivity index (χ3v) is 2.54. The van der Waals surface area contributed by atoms with Gasteiger partial charge in [-0.15, -0.1) is 0 Å². The zero-order chi connectivity index (χ0) is 7.19. The molecule has 3 rings (SSSR count). The average molecular weight is 142 g/mol. The maximum absolute atomic E-state index is 10.6. The van der Waals surface area contributed by atoms with Crippen LogP contribution >= 0.6 is 0 Å². The van der Waals surface area contributed by atoms with Gasteiger partial charge in [-0.25, -0.2) is 0 Å². The highest BCUT2D eigenvalue weighted by Crippen LogP contribution is 2.49. The van der Waals surface area contributed by atoms with Gasteiger partial charge in [-0.1, -0.05) is 0 Å². The first kappa shape index (κ1) is 6.16. The Labute approximate surface area is 59.0 Å². The molecule has 3 fully saturated rings. The Bertz CT molecular complexity index is 164. The second-order valence-electron chi connectivity index (χ2n) is 3.37.